The van der Waals surface area contributed by atoms with Gasteiger partial charge < -0.3 is 10.6 Å². The number of rotatable bonds is 3. The zero-order valence-corrected chi connectivity index (χ0v) is 13.7. The second-order valence-corrected chi connectivity index (χ2v) is 7.28. The maximum absolute atomic E-state index is 6.49. The summed E-state index contributed by atoms with van der Waals surface area (Å²) in [7, 11) is 0. The number of nitrogens with zero attached hydrogens (tertiary/aromatic N) is 1. The molecule has 1 aliphatic heterocycles. The topological polar surface area (TPSA) is 29.3 Å². The molecule has 0 radical (unpaired) electrons. The highest BCUT2D eigenvalue weighted by molar-refractivity contribution is 6.33. The summed E-state index contributed by atoms with van der Waals surface area (Å²) in [5, 5.41) is 0.889. The molecule has 1 heterocycles. The average Bonchev–Trinajstić information content (AvgIpc) is 2.50. The van der Waals surface area contributed by atoms with E-state index >= 15 is 0 Å². The van der Waals surface area contributed by atoms with Gasteiger partial charge in [-0.2, -0.15) is 0 Å². The van der Waals surface area contributed by atoms with E-state index in [1.54, 1.807) is 0 Å². The minimum absolute atomic E-state index is 0.653. The van der Waals surface area contributed by atoms with Gasteiger partial charge in [0.05, 0.1) is 10.7 Å². The summed E-state index contributed by atoms with van der Waals surface area (Å²) in [6.07, 6.45) is 10.8. The molecule has 1 spiro atoms. The summed E-state index contributed by atoms with van der Waals surface area (Å²) in [6.45, 7) is 3.01. The zero-order chi connectivity index (χ0) is 14.7. The number of anilines is 1. The lowest BCUT2D eigenvalue weighted by Gasteiger charge is -2.45. The van der Waals surface area contributed by atoms with Crippen molar-refractivity contribution in [2.75, 3.05) is 24.5 Å². The molecule has 1 aromatic rings. The number of nitrogens with two attached hydrogens (primary N) is 1. The van der Waals surface area contributed by atoms with Crippen LogP contribution < -0.4 is 10.6 Å². The van der Waals surface area contributed by atoms with Crippen molar-refractivity contribution < 1.29 is 0 Å². The Morgan fingerprint density at radius 3 is 2.38 bits per heavy atom. The summed E-state index contributed by atoms with van der Waals surface area (Å²) >= 11 is 6.49. The summed E-state index contributed by atoms with van der Waals surface area (Å²) in [4.78, 5) is 2.48. The van der Waals surface area contributed by atoms with Crippen molar-refractivity contribution in [3.05, 3.63) is 28.8 Å². The van der Waals surface area contributed by atoms with Crippen molar-refractivity contribution in [3.63, 3.8) is 0 Å². The molecule has 3 heteroatoms. The molecule has 1 aliphatic carbocycles. The third-order valence-corrected chi connectivity index (χ3v) is 5.83. The Bertz CT molecular complexity index is 470. The minimum atomic E-state index is 0.653. The molecular weight excluding hydrogens is 280 g/mol. The van der Waals surface area contributed by atoms with E-state index in [0.717, 1.165) is 24.5 Å². The van der Waals surface area contributed by atoms with Gasteiger partial charge in [-0.25, -0.2) is 0 Å². The van der Waals surface area contributed by atoms with Crippen molar-refractivity contribution in [1.29, 1.82) is 0 Å². The van der Waals surface area contributed by atoms with E-state index in [1.807, 2.05) is 0 Å². The van der Waals surface area contributed by atoms with Crippen LogP contribution in [0.5, 0.6) is 0 Å². The summed E-state index contributed by atoms with van der Waals surface area (Å²) < 4.78 is 0. The molecule has 2 nitrogen and oxygen atoms in total. The molecule has 0 atom stereocenters. The van der Waals surface area contributed by atoms with E-state index in [4.69, 9.17) is 17.3 Å². The summed E-state index contributed by atoms with van der Waals surface area (Å²) in [5.74, 6) is 0. The fourth-order valence-corrected chi connectivity index (χ4v) is 4.48. The van der Waals surface area contributed by atoms with Crippen LogP contribution in [-0.2, 0) is 6.42 Å². The first-order valence-electron chi connectivity index (χ1n) is 8.46. The smallest absolute Gasteiger partial charge is 0.0642 e. The van der Waals surface area contributed by atoms with E-state index in [0.29, 0.717) is 12.0 Å². The van der Waals surface area contributed by atoms with E-state index in [-0.39, 0.29) is 0 Å². The van der Waals surface area contributed by atoms with Crippen molar-refractivity contribution in [2.45, 2.75) is 51.4 Å². The van der Waals surface area contributed by atoms with Crippen molar-refractivity contribution in [2.24, 2.45) is 11.1 Å². The molecule has 2 aliphatic rings. The van der Waals surface area contributed by atoms with Gasteiger partial charge in [-0.3, -0.25) is 0 Å². The van der Waals surface area contributed by atoms with E-state index in [1.165, 1.54) is 56.2 Å². The van der Waals surface area contributed by atoms with Gasteiger partial charge in [-0.1, -0.05) is 36.9 Å². The maximum Gasteiger partial charge on any atom is 0.0642 e. The van der Waals surface area contributed by atoms with E-state index in [9.17, 15) is 0 Å². The SMILES string of the molecule is NCCc1ccc(N2CCC3(CCCCC3)CC2)c(Cl)c1. The van der Waals surface area contributed by atoms with E-state index in [2.05, 4.69) is 23.1 Å². The van der Waals surface area contributed by atoms with Gasteiger partial charge in [0.1, 0.15) is 0 Å². The Morgan fingerprint density at radius 1 is 1.05 bits per heavy atom. The molecule has 1 saturated carbocycles. The van der Waals surface area contributed by atoms with Gasteiger partial charge in [0, 0.05) is 13.1 Å². The van der Waals surface area contributed by atoms with Gasteiger partial charge in [0.2, 0.25) is 0 Å². The lowest BCUT2D eigenvalue weighted by molar-refractivity contribution is 0.144. The standard InChI is InChI=1S/C18H27ClN2/c19-16-14-15(6-11-20)4-5-17(16)21-12-9-18(10-13-21)7-2-1-3-8-18/h4-5,14H,1-3,6-13,20H2. The highest BCUT2D eigenvalue weighted by Gasteiger charge is 2.35. The Morgan fingerprint density at radius 2 is 1.76 bits per heavy atom. The van der Waals surface area contributed by atoms with Crippen LogP contribution in [0.25, 0.3) is 0 Å². The normalized spacial score (nSPS) is 21.7. The third-order valence-electron chi connectivity index (χ3n) is 5.52. The first-order chi connectivity index (χ1) is 10.2. The quantitative estimate of drug-likeness (QED) is 0.897. The van der Waals surface area contributed by atoms with Crippen LogP contribution >= 0.6 is 11.6 Å². The molecule has 1 saturated heterocycles. The summed E-state index contributed by atoms with van der Waals surface area (Å²) in [6, 6.07) is 6.46. The zero-order valence-electron chi connectivity index (χ0n) is 12.9. The van der Waals surface area contributed by atoms with Gasteiger partial charge >= 0.3 is 0 Å². The summed E-state index contributed by atoms with van der Waals surface area (Å²) in [5.41, 5.74) is 8.72. The Balaban J connectivity index is 1.66. The van der Waals surface area contributed by atoms with Crippen LogP contribution in [0, 0.1) is 5.41 Å². The van der Waals surface area contributed by atoms with Crippen LogP contribution in [0.3, 0.4) is 0 Å². The molecule has 0 bridgehead atoms. The second kappa shape index (κ2) is 6.58. The lowest BCUT2D eigenvalue weighted by atomic mass is 9.68. The molecule has 0 amide bonds. The predicted octanol–water partition coefficient (Wildman–Crippen LogP) is 4.39. The molecule has 0 aromatic heterocycles. The molecule has 116 valence electrons. The van der Waals surface area contributed by atoms with Gasteiger partial charge in [-0.05, 0) is 61.8 Å². The van der Waals surface area contributed by atoms with Crippen LogP contribution in [0.4, 0.5) is 5.69 Å². The number of hydrogen-bond donors (Lipinski definition) is 1. The Kier molecular flexibility index (Phi) is 4.75. The van der Waals surface area contributed by atoms with Crippen LogP contribution in [0.2, 0.25) is 5.02 Å². The molecular formula is C18H27ClN2. The van der Waals surface area contributed by atoms with Crippen molar-refractivity contribution in [1.82, 2.24) is 0 Å². The fraction of sp³-hybridized carbons (Fsp3) is 0.667. The highest BCUT2D eigenvalue weighted by atomic mass is 35.5. The number of benzene rings is 1. The number of hydrogen-bond acceptors (Lipinski definition) is 2. The van der Waals surface area contributed by atoms with Gasteiger partial charge in [-0.15, -0.1) is 0 Å². The molecule has 2 fully saturated rings. The second-order valence-electron chi connectivity index (χ2n) is 6.87. The third kappa shape index (κ3) is 3.37. The van der Waals surface area contributed by atoms with Gasteiger partial charge in [0.25, 0.3) is 0 Å². The average molecular weight is 307 g/mol. The minimum Gasteiger partial charge on any atom is -0.370 e. The molecule has 3 rings (SSSR count). The molecule has 1 aromatic carbocycles. The van der Waals surface area contributed by atoms with E-state index < -0.39 is 0 Å². The molecule has 0 unspecified atom stereocenters. The monoisotopic (exact) mass is 306 g/mol. The van der Waals surface area contributed by atoms with Crippen molar-refractivity contribution in [3.8, 4) is 0 Å². The van der Waals surface area contributed by atoms with Crippen LogP contribution in [-0.4, -0.2) is 19.6 Å². The largest absolute Gasteiger partial charge is 0.370 e. The predicted molar refractivity (Wildman–Crippen MR) is 91.2 cm³/mol. The first-order valence-corrected chi connectivity index (χ1v) is 8.84. The maximum atomic E-state index is 6.49. The van der Waals surface area contributed by atoms with Crippen molar-refractivity contribution >= 4 is 17.3 Å². The highest BCUT2D eigenvalue weighted by Crippen LogP contribution is 2.45. The number of piperidine rings is 1. The first kappa shape index (κ1) is 15.2. The molecule has 2 N–H and O–H groups in total. The number of halogens is 1. The Labute approximate surface area is 133 Å². The van der Waals surface area contributed by atoms with Crippen LogP contribution in [0.15, 0.2) is 18.2 Å². The van der Waals surface area contributed by atoms with Gasteiger partial charge in [0.15, 0.2) is 0 Å². The van der Waals surface area contributed by atoms with Crippen LogP contribution in [0.1, 0.15) is 50.5 Å². The molecule has 21 heavy (non-hydrogen) atoms. The lowest BCUT2D eigenvalue weighted by Crippen LogP contribution is -2.41. The Hall–Kier alpha value is -0.730. The fourth-order valence-electron chi connectivity index (χ4n) is 4.15.